The summed E-state index contributed by atoms with van der Waals surface area (Å²) in [4.78, 5) is 23.8. The highest BCUT2D eigenvalue weighted by Gasteiger charge is 2.16. The third-order valence-corrected chi connectivity index (χ3v) is 2.99. The molecule has 0 aliphatic rings. The number of fused-ring (bicyclic) bond motifs is 1. The molecular weight excluding hydrogens is 256 g/mol. The number of H-pyrrole nitrogens is 1. The summed E-state index contributed by atoms with van der Waals surface area (Å²) in [5.41, 5.74) is 1.29. The molecule has 6 nitrogen and oxygen atoms in total. The number of carbonyl (C=O) groups excluding carboxylic acids is 2. The summed E-state index contributed by atoms with van der Waals surface area (Å²) in [7, 11) is 0. The standard InChI is InChI=1S/C14H18N4O2/c1-3-6-15-13(19)9(2)17-14(20)10-4-5-11-8-16-18-12(11)7-10/h4-5,7-9H,3,6H2,1-2H3,(H,15,19)(H,16,18)(H,17,20). The summed E-state index contributed by atoms with van der Waals surface area (Å²) in [6.07, 6.45) is 2.56. The van der Waals surface area contributed by atoms with E-state index in [9.17, 15) is 9.59 Å². The van der Waals surface area contributed by atoms with Gasteiger partial charge in [0.2, 0.25) is 5.91 Å². The number of nitrogens with one attached hydrogen (secondary N) is 3. The topological polar surface area (TPSA) is 86.9 Å². The summed E-state index contributed by atoms with van der Waals surface area (Å²) >= 11 is 0. The van der Waals surface area contributed by atoms with Crippen molar-refractivity contribution >= 4 is 22.7 Å². The van der Waals surface area contributed by atoms with Crippen LogP contribution in [0.15, 0.2) is 24.4 Å². The molecule has 0 spiro atoms. The number of hydrogen-bond donors (Lipinski definition) is 3. The molecule has 1 unspecified atom stereocenters. The van der Waals surface area contributed by atoms with Crippen molar-refractivity contribution in [3.8, 4) is 0 Å². The Bertz CT molecular complexity index is 620. The Hall–Kier alpha value is -2.37. The van der Waals surface area contributed by atoms with E-state index in [1.54, 1.807) is 25.3 Å². The zero-order valence-electron chi connectivity index (χ0n) is 11.6. The first-order valence-electron chi connectivity index (χ1n) is 6.63. The minimum Gasteiger partial charge on any atom is -0.354 e. The van der Waals surface area contributed by atoms with Gasteiger partial charge in [-0.05, 0) is 25.5 Å². The lowest BCUT2D eigenvalue weighted by atomic mass is 10.1. The first-order valence-corrected chi connectivity index (χ1v) is 6.63. The summed E-state index contributed by atoms with van der Waals surface area (Å²) < 4.78 is 0. The quantitative estimate of drug-likeness (QED) is 0.766. The summed E-state index contributed by atoms with van der Waals surface area (Å²) in [6, 6.07) is 4.68. The molecule has 0 fully saturated rings. The first-order chi connectivity index (χ1) is 9.61. The minimum absolute atomic E-state index is 0.178. The first kappa shape index (κ1) is 14.0. The SMILES string of the molecule is CCCNC(=O)C(C)NC(=O)c1ccc2cn[nH]c2c1. The van der Waals surface area contributed by atoms with Gasteiger partial charge in [-0.25, -0.2) is 0 Å². The lowest BCUT2D eigenvalue weighted by Crippen LogP contribution is -2.44. The second-order valence-electron chi connectivity index (χ2n) is 4.66. The van der Waals surface area contributed by atoms with Gasteiger partial charge in [-0.15, -0.1) is 0 Å². The number of hydrogen-bond acceptors (Lipinski definition) is 3. The van der Waals surface area contributed by atoms with Crippen LogP contribution < -0.4 is 10.6 Å². The average molecular weight is 274 g/mol. The number of aromatic amines is 1. The van der Waals surface area contributed by atoms with E-state index in [0.29, 0.717) is 12.1 Å². The Morgan fingerprint density at radius 3 is 2.95 bits per heavy atom. The maximum atomic E-state index is 12.1. The third-order valence-electron chi connectivity index (χ3n) is 2.99. The zero-order chi connectivity index (χ0) is 14.5. The van der Waals surface area contributed by atoms with Crippen molar-refractivity contribution in [2.45, 2.75) is 26.3 Å². The van der Waals surface area contributed by atoms with Gasteiger partial charge in [0, 0.05) is 17.5 Å². The lowest BCUT2D eigenvalue weighted by Gasteiger charge is -2.13. The molecule has 3 N–H and O–H groups in total. The van der Waals surface area contributed by atoms with E-state index in [2.05, 4.69) is 20.8 Å². The molecule has 0 saturated carbocycles. The average Bonchev–Trinajstić information content (AvgIpc) is 2.91. The maximum Gasteiger partial charge on any atom is 0.251 e. The normalized spacial score (nSPS) is 12.1. The highest BCUT2D eigenvalue weighted by atomic mass is 16.2. The fourth-order valence-electron chi connectivity index (χ4n) is 1.83. The Morgan fingerprint density at radius 2 is 2.20 bits per heavy atom. The molecule has 106 valence electrons. The van der Waals surface area contributed by atoms with Crippen LogP contribution in [0.4, 0.5) is 0 Å². The van der Waals surface area contributed by atoms with Crippen molar-refractivity contribution in [1.29, 1.82) is 0 Å². The Labute approximate surface area is 116 Å². The smallest absolute Gasteiger partial charge is 0.251 e. The molecule has 0 aliphatic heterocycles. The summed E-state index contributed by atoms with van der Waals surface area (Å²) in [6.45, 7) is 4.25. The molecule has 20 heavy (non-hydrogen) atoms. The molecule has 2 amide bonds. The molecular formula is C14H18N4O2. The van der Waals surface area contributed by atoms with Crippen LogP contribution in [0, 0.1) is 0 Å². The van der Waals surface area contributed by atoms with Crippen LogP contribution in [0.1, 0.15) is 30.6 Å². The van der Waals surface area contributed by atoms with Crippen LogP contribution in [-0.4, -0.2) is 34.6 Å². The van der Waals surface area contributed by atoms with Crippen LogP contribution in [-0.2, 0) is 4.79 Å². The van der Waals surface area contributed by atoms with Crippen molar-refractivity contribution in [2.75, 3.05) is 6.54 Å². The Morgan fingerprint density at radius 1 is 1.40 bits per heavy atom. The van der Waals surface area contributed by atoms with E-state index >= 15 is 0 Å². The fourth-order valence-corrected chi connectivity index (χ4v) is 1.83. The van der Waals surface area contributed by atoms with Gasteiger partial charge < -0.3 is 10.6 Å². The molecule has 0 bridgehead atoms. The molecule has 0 radical (unpaired) electrons. The van der Waals surface area contributed by atoms with Crippen molar-refractivity contribution in [3.63, 3.8) is 0 Å². The van der Waals surface area contributed by atoms with Gasteiger partial charge in [-0.2, -0.15) is 5.10 Å². The number of nitrogens with zero attached hydrogens (tertiary/aromatic N) is 1. The molecule has 1 heterocycles. The Kier molecular flexibility index (Phi) is 4.34. The van der Waals surface area contributed by atoms with Crippen molar-refractivity contribution in [1.82, 2.24) is 20.8 Å². The number of aromatic nitrogens is 2. The highest BCUT2D eigenvalue weighted by Crippen LogP contribution is 2.12. The second-order valence-corrected chi connectivity index (χ2v) is 4.66. The van der Waals surface area contributed by atoms with E-state index in [1.165, 1.54) is 0 Å². The predicted octanol–water partition coefficient (Wildman–Crippen LogP) is 1.21. The zero-order valence-corrected chi connectivity index (χ0v) is 11.6. The van der Waals surface area contributed by atoms with Gasteiger partial charge in [0.25, 0.3) is 5.91 Å². The molecule has 2 rings (SSSR count). The van der Waals surface area contributed by atoms with E-state index in [4.69, 9.17) is 0 Å². The van der Waals surface area contributed by atoms with Crippen LogP contribution in [0.3, 0.4) is 0 Å². The van der Waals surface area contributed by atoms with Gasteiger partial charge in [0.05, 0.1) is 11.7 Å². The maximum absolute atomic E-state index is 12.1. The van der Waals surface area contributed by atoms with Crippen LogP contribution in [0.25, 0.3) is 10.9 Å². The summed E-state index contributed by atoms with van der Waals surface area (Å²) in [5.74, 6) is -0.455. The van der Waals surface area contributed by atoms with E-state index < -0.39 is 6.04 Å². The number of carbonyl (C=O) groups is 2. The predicted molar refractivity (Wildman–Crippen MR) is 76.3 cm³/mol. The molecule has 1 aromatic carbocycles. The van der Waals surface area contributed by atoms with Crippen molar-refractivity contribution in [3.05, 3.63) is 30.0 Å². The molecule has 0 aliphatic carbocycles. The van der Waals surface area contributed by atoms with E-state index in [0.717, 1.165) is 17.3 Å². The largest absolute Gasteiger partial charge is 0.354 e. The van der Waals surface area contributed by atoms with Crippen LogP contribution in [0.2, 0.25) is 0 Å². The van der Waals surface area contributed by atoms with Crippen molar-refractivity contribution in [2.24, 2.45) is 0 Å². The van der Waals surface area contributed by atoms with Crippen LogP contribution in [0.5, 0.6) is 0 Å². The van der Waals surface area contributed by atoms with Gasteiger partial charge in [-0.1, -0.05) is 13.0 Å². The van der Waals surface area contributed by atoms with Gasteiger partial charge in [0.1, 0.15) is 6.04 Å². The van der Waals surface area contributed by atoms with Gasteiger partial charge in [-0.3, -0.25) is 14.7 Å². The molecule has 1 atom stereocenters. The molecule has 1 aromatic heterocycles. The van der Waals surface area contributed by atoms with Crippen molar-refractivity contribution < 1.29 is 9.59 Å². The van der Waals surface area contributed by atoms with Crippen LogP contribution >= 0.6 is 0 Å². The number of benzene rings is 1. The molecule has 0 saturated heterocycles. The lowest BCUT2D eigenvalue weighted by molar-refractivity contribution is -0.122. The number of rotatable bonds is 5. The fraction of sp³-hybridized carbons (Fsp3) is 0.357. The Balaban J connectivity index is 2.01. The minimum atomic E-state index is -0.563. The van der Waals surface area contributed by atoms with E-state index in [-0.39, 0.29) is 11.8 Å². The van der Waals surface area contributed by atoms with Gasteiger partial charge in [0.15, 0.2) is 0 Å². The van der Waals surface area contributed by atoms with E-state index in [1.807, 2.05) is 13.0 Å². The van der Waals surface area contributed by atoms with Gasteiger partial charge >= 0.3 is 0 Å². The second kappa shape index (κ2) is 6.18. The monoisotopic (exact) mass is 274 g/mol. The summed E-state index contributed by atoms with van der Waals surface area (Å²) in [5, 5.41) is 13.1. The highest BCUT2D eigenvalue weighted by molar-refractivity contribution is 5.99. The number of amides is 2. The molecule has 6 heteroatoms. The molecule has 2 aromatic rings. The third kappa shape index (κ3) is 3.14.